The Bertz CT molecular complexity index is 463. The molecule has 0 aliphatic rings. The summed E-state index contributed by atoms with van der Waals surface area (Å²) >= 11 is 0. The summed E-state index contributed by atoms with van der Waals surface area (Å²) in [5.74, 6) is -1.84. The van der Waals surface area contributed by atoms with Crippen LogP contribution in [0.15, 0.2) is 18.2 Å². The maximum Gasteiger partial charge on any atom is 0.405 e. The van der Waals surface area contributed by atoms with Gasteiger partial charge in [-0.2, -0.15) is 13.2 Å². The highest BCUT2D eigenvalue weighted by atomic mass is 19.4. The van der Waals surface area contributed by atoms with Crippen LogP contribution in [0.5, 0.6) is 5.75 Å². The smallest absolute Gasteiger partial charge is 0.405 e. The first-order chi connectivity index (χ1) is 9.31. The van der Waals surface area contributed by atoms with Crippen LogP contribution in [0.4, 0.5) is 17.6 Å². The first-order valence-electron chi connectivity index (χ1n) is 5.71. The fourth-order valence-electron chi connectivity index (χ4n) is 1.37. The third-order valence-corrected chi connectivity index (χ3v) is 2.22. The first kappa shape index (κ1) is 16.2. The Morgan fingerprint density at radius 3 is 2.60 bits per heavy atom. The van der Waals surface area contributed by atoms with Crippen LogP contribution in [0.1, 0.15) is 5.56 Å². The molecule has 0 unspecified atom stereocenters. The van der Waals surface area contributed by atoms with E-state index in [0.717, 1.165) is 0 Å². The molecule has 0 radical (unpaired) electrons. The minimum absolute atomic E-state index is 0.188. The van der Waals surface area contributed by atoms with Gasteiger partial charge in [-0.1, -0.05) is 6.07 Å². The molecule has 20 heavy (non-hydrogen) atoms. The topological polar surface area (TPSA) is 50.4 Å². The summed E-state index contributed by atoms with van der Waals surface area (Å²) in [4.78, 5) is 11.1. The van der Waals surface area contributed by atoms with E-state index in [2.05, 4.69) is 5.32 Å². The summed E-state index contributed by atoms with van der Waals surface area (Å²) in [7, 11) is 1.70. The van der Waals surface area contributed by atoms with Gasteiger partial charge in [-0.3, -0.25) is 4.79 Å². The molecule has 1 aromatic rings. The lowest BCUT2D eigenvalue weighted by molar-refractivity contribution is -0.139. The van der Waals surface area contributed by atoms with Crippen molar-refractivity contribution in [1.29, 1.82) is 0 Å². The second-order valence-corrected chi connectivity index (χ2v) is 3.98. The second-order valence-electron chi connectivity index (χ2n) is 3.98. The Labute approximate surface area is 113 Å². The monoisotopic (exact) mass is 294 g/mol. The molecule has 0 spiro atoms. The molecule has 4 nitrogen and oxygen atoms in total. The van der Waals surface area contributed by atoms with Crippen LogP contribution in [0.25, 0.3) is 0 Å². The average Bonchev–Trinajstić information content (AvgIpc) is 2.35. The van der Waals surface area contributed by atoms with Crippen LogP contribution in [0.3, 0.4) is 0 Å². The maximum absolute atomic E-state index is 13.5. The zero-order chi connectivity index (χ0) is 15.2. The molecule has 0 saturated heterocycles. The van der Waals surface area contributed by atoms with E-state index in [9.17, 15) is 22.4 Å². The Morgan fingerprint density at radius 2 is 2.05 bits per heavy atom. The molecule has 0 aliphatic heterocycles. The molecular formula is C12H14F4N2O2. The van der Waals surface area contributed by atoms with Crippen molar-refractivity contribution < 1.29 is 27.1 Å². The van der Waals surface area contributed by atoms with Gasteiger partial charge in [-0.25, -0.2) is 4.39 Å². The Hall–Kier alpha value is -1.83. The number of nitrogens with one attached hydrogen (secondary N) is 2. The summed E-state index contributed by atoms with van der Waals surface area (Å²) in [5, 5.41) is 4.46. The van der Waals surface area contributed by atoms with E-state index in [1.54, 1.807) is 18.4 Å². The van der Waals surface area contributed by atoms with Crippen LogP contribution in [-0.4, -0.2) is 32.3 Å². The Morgan fingerprint density at radius 1 is 1.35 bits per heavy atom. The summed E-state index contributed by atoms with van der Waals surface area (Å²) in [6.07, 6.45) is -4.49. The molecule has 1 rings (SSSR count). The van der Waals surface area contributed by atoms with Crippen LogP contribution in [-0.2, 0) is 11.3 Å². The van der Waals surface area contributed by atoms with E-state index >= 15 is 0 Å². The fourth-order valence-corrected chi connectivity index (χ4v) is 1.37. The number of rotatable bonds is 6. The van der Waals surface area contributed by atoms with Gasteiger partial charge in [0.15, 0.2) is 18.2 Å². The molecule has 1 aromatic carbocycles. The normalized spacial score (nSPS) is 11.2. The number of ether oxygens (including phenoxy) is 1. The van der Waals surface area contributed by atoms with E-state index < -0.39 is 31.1 Å². The molecule has 0 heterocycles. The largest absolute Gasteiger partial charge is 0.481 e. The van der Waals surface area contributed by atoms with Crippen molar-refractivity contribution in [2.75, 3.05) is 20.2 Å². The third-order valence-electron chi connectivity index (χ3n) is 2.22. The van der Waals surface area contributed by atoms with Gasteiger partial charge in [0, 0.05) is 6.54 Å². The van der Waals surface area contributed by atoms with E-state index in [4.69, 9.17) is 4.74 Å². The molecule has 0 aliphatic carbocycles. The van der Waals surface area contributed by atoms with Gasteiger partial charge in [0.25, 0.3) is 5.91 Å². The second kappa shape index (κ2) is 7.09. The van der Waals surface area contributed by atoms with Crippen LogP contribution in [0.2, 0.25) is 0 Å². The van der Waals surface area contributed by atoms with E-state index in [-0.39, 0.29) is 5.75 Å². The standard InChI is InChI=1S/C12H14F4N2O2/c1-17-5-8-2-3-10(9(13)4-8)20-6-11(19)18-7-12(14,15)16/h2-4,17H,5-7H2,1H3,(H,18,19). The molecule has 1 amide bonds. The average molecular weight is 294 g/mol. The quantitative estimate of drug-likeness (QED) is 0.784. The Kier molecular flexibility index (Phi) is 5.75. The lowest BCUT2D eigenvalue weighted by Gasteiger charge is -2.10. The van der Waals surface area contributed by atoms with Gasteiger partial charge in [0.05, 0.1) is 0 Å². The van der Waals surface area contributed by atoms with Crippen molar-refractivity contribution in [1.82, 2.24) is 10.6 Å². The minimum Gasteiger partial charge on any atom is -0.481 e. The highest BCUT2D eigenvalue weighted by Gasteiger charge is 2.27. The van der Waals surface area contributed by atoms with Crippen molar-refractivity contribution in [2.45, 2.75) is 12.7 Å². The number of hydrogen-bond donors (Lipinski definition) is 2. The summed E-state index contributed by atoms with van der Waals surface area (Å²) < 4.78 is 53.9. The molecule has 0 atom stereocenters. The van der Waals surface area contributed by atoms with Crippen molar-refractivity contribution in [3.05, 3.63) is 29.6 Å². The predicted octanol–water partition coefficient (Wildman–Crippen LogP) is 1.60. The first-order valence-corrected chi connectivity index (χ1v) is 5.71. The summed E-state index contributed by atoms with van der Waals surface area (Å²) in [6, 6.07) is 4.13. The van der Waals surface area contributed by atoms with Crippen LogP contribution < -0.4 is 15.4 Å². The highest BCUT2D eigenvalue weighted by Crippen LogP contribution is 2.18. The van der Waals surface area contributed by atoms with Crippen molar-refractivity contribution >= 4 is 5.91 Å². The zero-order valence-corrected chi connectivity index (χ0v) is 10.7. The molecule has 0 bridgehead atoms. The van der Waals surface area contributed by atoms with Crippen molar-refractivity contribution in [3.63, 3.8) is 0 Å². The minimum atomic E-state index is -4.49. The maximum atomic E-state index is 13.5. The molecule has 0 aromatic heterocycles. The van der Waals surface area contributed by atoms with Crippen LogP contribution >= 0.6 is 0 Å². The zero-order valence-electron chi connectivity index (χ0n) is 10.7. The fraction of sp³-hybridized carbons (Fsp3) is 0.417. The number of alkyl halides is 3. The number of carbonyl (C=O) groups is 1. The molecule has 112 valence electrons. The van der Waals surface area contributed by atoms with Gasteiger partial charge in [0.2, 0.25) is 0 Å². The number of halogens is 4. The molecule has 0 saturated carbocycles. The molecule has 8 heteroatoms. The molecule has 0 fully saturated rings. The molecule has 2 N–H and O–H groups in total. The van der Waals surface area contributed by atoms with E-state index in [0.29, 0.717) is 12.1 Å². The van der Waals surface area contributed by atoms with Crippen molar-refractivity contribution in [3.8, 4) is 5.75 Å². The number of hydrogen-bond acceptors (Lipinski definition) is 3. The van der Waals surface area contributed by atoms with Gasteiger partial charge >= 0.3 is 6.18 Å². The van der Waals surface area contributed by atoms with Gasteiger partial charge < -0.3 is 15.4 Å². The van der Waals surface area contributed by atoms with E-state index in [1.165, 1.54) is 12.1 Å². The van der Waals surface area contributed by atoms with Gasteiger partial charge in [0.1, 0.15) is 6.54 Å². The summed E-state index contributed by atoms with van der Waals surface area (Å²) in [6.45, 7) is -1.67. The van der Waals surface area contributed by atoms with Crippen LogP contribution in [0, 0.1) is 5.82 Å². The number of carbonyl (C=O) groups excluding carboxylic acids is 1. The van der Waals surface area contributed by atoms with Crippen molar-refractivity contribution in [2.24, 2.45) is 0 Å². The molecular weight excluding hydrogens is 280 g/mol. The number of amides is 1. The predicted molar refractivity (Wildman–Crippen MR) is 63.7 cm³/mol. The third kappa shape index (κ3) is 5.87. The lowest BCUT2D eigenvalue weighted by atomic mass is 10.2. The highest BCUT2D eigenvalue weighted by molar-refractivity contribution is 5.77. The summed E-state index contributed by atoms with van der Waals surface area (Å²) in [5.41, 5.74) is 0.680. The SMILES string of the molecule is CNCc1ccc(OCC(=O)NCC(F)(F)F)c(F)c1. The lowest BCUT2D eigenvalue weighted by Crippen LogP contribution is -2.36. The number of benzene rings is 1. The van der Waals surface area contributed by atoms with E-state index in [1.807, 2.05) is 0 Å². The Balaban J connectivity index is 2.47. The van der Waals surface area contributed by atoms with Gasteiger partial charge in [-0.05, 0) is 24.7 Å². The van der Waals surface area contributed by atoms with Gasteiger partial charge in [-0.15, -0.1) is 0 Å².